The minimum Gasteiger partial charge on any atom is -0.362 e. The molecule has 0 spiro atoms. The predicted molar refractivity (Wildman–Crippen MR) is 80.6 cm³/mol. The third kappa shape index (κ3) is 2.85. The van der Waals surface area contributed by atoms with Crippen molar-refractivity contribution in [3.8, 4) is 0 Å². The first-order valence-corrected chi connectivity index (χ1v) is 7.36. The maximum absolute atomic E-state index is 11.6. The monoisotopic (exact) mass is 362 g/mol. The Bertz CT molecular complexity index is 465. The van der Waals surface area contributed by atoms with Gasteiger partial charge in [-0.3, -0.25) is 4.79 Å². The standard InChI is InChI=1S/C12H19IN4O/c1-8-2-4-12(6-14,5-3-8)17-10-9(13)11(18)16-7-15-10/h7-8H,2-6,14H2,1H3,(H2,15,16,17,18). The van der Waals surface area contributed by atoms with Crippen molar-refractivity contribution >= 4 is 28.4 Å². The maximum atomic E-state index is 11.6. The quantitative estimate of drug-likeness (QED) is 0.715. The fourth-order valence-corrected chi connectivity index (χ4v) is 2.85. The first kappa shape index (κ1) is 13.8. The first-order valence-electron chi connectivity index (χ1n) is 6.28. The summed E-state index contributed by atoms with van der Waals surface area (Å²) >= 11 is 2.02. The van der Waals surface area contributed by atoms with Crippen LogP contribution in [0.25, 0.3) is 0 Å². The summed E-state index contributed by atoms with van der Waals surface area (Å²) in [7, 11) is 0. The minimum absolute atomic E-state index is 0.104. The molecule has 1 aliphatic carbocycles. The van der Waals surface area contributed by atoms with E-state index in [1.807, 2.05) is 22.6 Å². The van der Waals surface area contributed by atoms with Gasteiger partial charge < -0.3 is 16.0 Å². The number of nitrogens with two attached hydrogens (primary N) is 1. The van der Waals surface area contributed by atoms with Gasteiger partial charge in [-0.25, -0.2) is 4.98 Å². The molecule has 0 amide bonds. The highest BCUT2D eigenvalue weighted by molar-refractivity contribution is 14.1. The molecule has 100 valence electrons. The first-order chi connectivity index (χ1) is 8.56. The molecule has 0 atom stereocenters. The molecule has 0 aromatic carbocycles. The summed E-state index contributed by atoms with van der Waals surface area (Å²) in [4.78, 5) is 18.3. The number of halogens is 1. The van der Waals surface area contributed by atoms with E-state index in [0.717, 1.165) is 18.8 Å². The number of hydrogen-bond acceptors (Lipinski definition) is 4. The number of aromatic amines is 1. The van der Waals surface area contributed by atoms with E-state index in [-0.39, 0.29) is 11.1 Å². The van der Waals surface area contributed by atoms with Gasteiger partial charge in [0, 0.05) is 6.54 Å². The highest BCUT2D eigenvalue weighted by Gasteiger charge is 2.33. The van der Waals surface area contributed by atoms with Gasteiger partial charge in [0.1, 0.15) is 9.39 Å². The Morgan fingerprint density at radius 3 is 2.89 bits per heavy atom. The van der Waals surface area contributed by atoms with Crippen LogP contribution < -0.4 is 16.6 Å². The summed E-state index contributed by atoms with van der Waals surface area (Å²) in [5.41, 5.74) is 5.73. The van der Waals surface area contributed by atoms with Crippen LogP contribution in [0.5, 0.6) is 0 Å². The molecule has 0 bridgehead atoms. The molecule has 1 aliphatic rings. The summed E-state index contributed by atoms with van der Waals surface area (Å²) in [6.07, 6.45) is 5.85. The number of aromatic nitrogens is 2. The van der Waals surface area contributed by atoms with Crippen LogP contribution in [0.15, 0.2) is 11.1 Å². The Kier molecular flexibility index (Phi) is 4.26. The predicted octanol–water partition coefficient (Wildman–Crippen LogP) is 1.69. The lowest BCUT2D eigenvalue weighted by Crippen LogP contribution is -2.48. The lowest BCUT2D eigenvalue weighted by molar-refractivity contribution is 0.271. The number of hydrogen-bond donors (Lipinski definition) is 3. The van der Waals surface area contributed by atoms with Gasteiger partial charge in [0.05, 0.1) is 11.9 Å². The van der Waals surface area contributed by atoms with E-state index in [9.17, 15) is 4.79 Å². The number of nitrogens with zero attached hydrogens (tertiary/aromatic N) is 1. The number of H-pyrrole nitrogens is 1. The van der Waals surface area contributed by atoms with Crippen LogP contribution in [0.3, 0.4) is 0 Å². The van der Waals surface area contributed by atoms with Crippen molar-refractivity contribution in [3.05, 3.63) is 20.3 Å². The molecule has 0 saturated heterocycles. The maximum Gasteiger partial charge on any atom is 0.266 e. The highest BCUT2D eigenvalue weighted by atomic mass is 127. The molecule has 1 heterocycles. The minimum atomic E-state index is -0.107. The van der Waals surface area contributed by atoms with Crippen LogP contribution in [0.4, 0.5) is 5.82 Å². The molecule has 4 N–H and O–H groups in total. The van der Waals surface area contributed by atoms with E-state index in [4.69, 9.17) is 5.73 Å². The summed E-state index contributed by atoms with van der Waals surface area (Å²) in [5.74, 6) is 1.41. The highest BCUT2D eigenvalue weighted by Crippen LogP contribution is 2.33. The average Bonchev–Trinajstić information content (AvgIpc) is 2.38. The van der Waals surface area contributed by atoms with Gasteiger partial charge in [0.15, 0.2) is 0 Å². The summed E-state index contributed by atoms with van der Waals surface area (Å²) in [6, 6.07) is 0. The molecular weight excluding hydrogens is 343 g/mol. The van der Waals surface area contributed by atoms with Gasteiger partial charge >= 0.3 is 0 Å². The zero-order valence-corrected chi connectivity index (χ0v) is 12.7. The van der Waals surface area contributed by atoms with Crippen LogP contribution in [0.1, 0.15) is 32.6 Å². The normalized spacial score (nSPS) is 28.1. The number of nitrogens with one attached hydrogen (secondary N) is 2. The third-order valence-electron chi connectivity index (χ3n) is 3.80. The van der Waals surface area contributed by atoms with Gasteiger partial charge in [0.25, 0.3) is 5.56 Å². The Morgan fingerprint density at radius 2 is 2.28 bits per heavy atom. The molecule has 1 fully saturated rings. The van der Waals surface area contributed by atoms with E-state index in [1.165, 1.54) is 19.2 Å². The van der Waals surface area contributed by atoms with Gasteiger partial charge in [-0.2, -0.15) is 0 Å². The molecule has 18 heavy (non-hydrogen) atoms. The summed E-state index contributed by atoms with van der Waals surface area (Å²) in [6.45, 7) is 2.85. The van der Waals surface area contributed by atoms with Gasteiger partial charge in [-0.1, -0.05) is 6.92 Å². The Labute approximate surface area is 120 Å². The largest absolute Gasteiger partial charge is 0.362 e. The van der Waals surface area contributed by atoms with Gasteiger partial charge in [-0.05, 0) is 54.2 Å². The molecule has 1 saturated carbocycles. The topological polar surface area (TPSA) is 83.8 Å². The van der Waals surface area contributed by atoms with E-state index < -0.39 is 0 Å². The van der Waals surface area contributed by atoms with Gasteiger partial charge in [-0.15, -0.1) is 0 Å². The van der Waals surface area contributed by atoms with Gasteiger partial charge in [0.2, 0.25) is 0 Å². The van der Waals surface area contributed by atoms with Crippen LogP contribution >= 0.6 is 22.6 Å². The summed E-state index contributed by atoms with van der Waals surface area (Å²) in [5, 5.41) is 3.41. The van der Waals surface area contributed by atoms with Crippen LogP contribution in [0.2, 0.25) is 0 Å². The molecule has 2 rings (SSSR count). The van der Waals surface area contributed by atoms with E-state index in [2.05, 4.69) is 22.2 Å². The van der Waals surface area contributed by atoms with Crippen molar-refractivity contribution in [1.82, 2.24) is 9.97 Å². The molecule has 6 heteroatoms. The molecule has 1 aromatic heterocycles. The Hall–Kier alpha value is -0.630. The SMILES string of the molecule is CC1CCC(CN)(Nc2nc[nH]c(=O)c2I)CC1. The van der Waals surface area contributed by atoms with E-state index in [0.29, 0.717) is 15.9 Å². The van der Waals surface area contributed by atoms with Crippen LogP contribution in [0, 0.1) is 9.49 Å². The molecule has 0 radical (unpaired) electrons. The Morgan fingerprint density at radius 1 is 1.61 bits per heavy atom. The van der Waals surface area contributed by atoms with Crippen LogP contribution in [-0.4, -0.2) is 22.1 Å². The lowest BCUT2D eigenvalue weighted by Gasteiger charge is -2.39. The fraction of sp³-hybridized carbons (Fsp3) is 0.667. The second kappa shape index (κ2) is 5.56. The lowest BCUT2D eigenvalue weighted by atomic mass is 9.77. The number of rotatable bonds is 3. The van der Waals surface area contributed by atoms with E-state index >= 15 is 0 Å². The smallest absolute Gasteiger partial charge is 0.266 e. The zero-order chi connectivity index (χ0) is 13.2. The van der Waals surface area contributed by atoms with Crippen molar-refractivity contribution in [1.29, 1.82) is 0 Å². The van der Waals surface area contributed by atoms with E-state index in [1.54, 1.807) is 0 Å². The second-order valence-electron chi connectivity index (χ2n) is 5.19. The molecular formula is C12H19IN4O. The van der Waals surface area contributed by atoms with Crippen molar-refractivity contribution in [3.63, 3.8) is 0 Å². The molecule has 0 aliphatic heterocycles. The average molecular weight is 362 g/mol. The molecule has 1 aromatic rings. The fourth-order valence-electron chi connectivity index (χ4n) is 2.42. The van der Waals surface area contributed by atoms with Crippen molar-refractivity contribution in [2.24, 2.45) is 11.7 Å². The van der Waals surface area contributed by atoms with Crippen molar-refractivity contribution < 1.29 is 0 Å². The summed E-state index contributed by atoms with van der Waals surface area (Å²) < 4.78 is 0.599. The third-order valence-corrected chi connectivity index (χ3v) is 4.80. The molecule has 5 nitrogen and oxygen atoms in total. The second-order valence-corrected chi connectivity index (χ2v) is 6.26. The van der Waals surface area contributed by atoms with Crippen molar-refractivity contribution in [2.75, 3.05) is 11.9 Å². The number of anilines is 1. The van der Waals surface area contributed by atoms with Crippen molar-refractivity contribution in [2.45, 2.75) is 38.1 Å². The Balaban J connectivity index is 2.20. The van der Waals surface area contributed by atoms with Crippen LogP contribution in [-0.2, 0) is 0 Å². The molecule has 0 unspecified atom stereocenters. The zero-order valence-electron chi connectivity index (χ0n) is 10.5.